The van der Waals surface area contributed by atoms with Gasteiger partial charge in [-0.05, 0) is 34.2 Å². The second kappa shape index (κ2) is 3.87. The van der Waals surface area contributed by atoms with Gasteiger partial charge in [0.1, 0.15) is 6.33 Å². The predicted molar refractivity (Wildman–Crippen MR) is 78.0 cm³/mol. The van der Waals surface area contributed by atoms with Crippen LogP contribution < -0.4 is 16.2 Å². The van der Waals surface area contributed by atoms with E-state index in [-0.39, 0.29) is 5.78 Å². The highest BCUT2D eigenvalue weighted by Crippen LogP contribution is 2.21. The van der Waals surface area contributed by atoms with Crippen molar-refractivity contribution < 1.29 is 4.79 Å². The van der Waals surface area contributed by atoms with E-state index in [0.717, 1.165) is 32.1 Å². The van der Waals surface area contributed by atoms with Crippen molar-refractivity contribution >= 4 is 39.2 Å². The molecule has 1 aliphatic carbocycles. The van der Waals surface area contributed by atoms with Gasteiger partial charge in [0.15, 0.2) is 5.78 Å². The van der Waals surface area contributed by atoms with Gasteiger partial charge >= 0.3 is 0 Å². The molecule has 3 aromatic rings. The van der Waals surface area contributed by atoms with E-state index in [1.54, 1.807) is 6.33 Å². The smallest absolute Gasteiger partial charge is 0.182 e. The van der Waals surface area contributed by atoms with E-state index in [0.29, 0.717) is 12.1 Å². The Balaban J connectivity index is 2.25. The van der Waals surface area contributed by atoms with Crippen LogP contribution >= 0.6 is 0 Å². The third-order valence-electron chi connectivity index (χ3n) is 3.77. The first kappa shape index (κ1) is 11.1. The minimum Gasteiger partial charge on any atom is -0.395 e. The van der Waals surface area contributed by atoms with E-state index in [1.807, 2.05) is 30.5 Å². The highest BCUT2D eigenvalue weighted by molar-refractivity contribution is 6.17. The zero-order chi connectivity index (χ0) is 13.7. The SMILES string of the molecule is NC1=c2cc3ccc4ncncc4c3cc2=CCC1=O. The van der Waals surface area contributed by atoms with Gasteiger partial charge in [-0.15, -0.1) is 0 Å². The molecule has 20 heavy (non-hydrogen) atoms. The molecule has 0 aliphatic heterocycles. The van der Waals surface area contributed by atoms with Gasteiger partial charge in [0.2, 0.25) is 0 Å². The zero-order valence-corrected chi connectivity index (χ0v) is 10.6. The molecule has 0 radical (unpaired) electrons. The van der Waals surface area contributed by atoms with Crippen LogP contribution in [-0.2, 0) is 4.79 Å². The van der Waals surface area contributed by atoms with E-state index in [1.165, 1.54) is 0 Å². The van der Waals surface area contributed by atoms with Crippen LogP contribution in [0.15, 0.2) is 36.8 Å². The summed E-state index contributed by atoms with van der Waals surface area (Å²) in [4.78, 5) is 20.1. The lowest BCUT2D eigenvalue weighted by atomic mass is 9.98. The standard InChI is InChI=1S/C16H11N3O/c17-16-12-6-9-1-3-14-13(7-18-8-19-14)11(9)5-10(12)2-4-15(16)20/h1-3,5-8H,4,17H2. The van der Waals surface area contributed by atoms with Gasteiger partial charge in [-0.1, -0.05) is 12.1 Å². The molecule has 0 saturated carbocycles. The van der Waals surface area contributed by atoms with E-state index < -0.39 is 0 Å². The number of nitrogens with two attached hydrogens (primary N) is 1. The van der Waals surface area contributed by atoms with Crippen molar-refractivity contribution in [3.05, 3.63) is 47.2 Å². The van der Waals surface area contributed by atoms with E-state index >= 15 is 0 Å². The van der Waals surface area contributed by atoms with Crippen molar-refractivity contribution in [2.24, 2.45) is 5.73 Å². The van der Waals surface area contributed by atoms with Gasteiger partial charge in [-0.2, -0.15) is 0 Å². The van der Waals surface area contributed by atoms with Crippen molar-refractivity contribution in [1.29, 1.82) is 0 Å². The number of rotatable bonds is 0. The summed E-state index contributed by atoms with van der Waals surface area (Å²) in [6, 6.07) is 7.99. The first-order chi connectivity index (χ1) is 9.74. The summed E-state index contributed by atoms with van der Waals surface area (Å²) < 4.78 is 0. The number of hydrogen-bond donors (Lipinski definition) is 1. The quantitative estimate of drug-likeness (QED) is 0.602. The van der Waals surface area contributed by atoms with Crippen LogP contribution in [0, 0.1) is 0 Å². The molecule has 4 rings (SSSR count). The Morgan fingerprint density at radius 1 is 1.15 bits per heavy atom. The van der Waals surface area contributed by atoms with Crippen LogP contribution in [0.3, 0.4) is 0 Å². The topological polar surface area (TPSA) is 68.9 Å². The molecule has 4 nitrogen and oxygen atoms in total. The van der Waals surface area contributed by atoms with Crippen molar-refractivity contribution in [1.82, 2.24) is 9.97 Å². The molecule has 1 heterocycles. The Labute approximate surface area is 114 Å². The van der Waals surface area contributed by atoms with Crippen LogP contribution in [0.4, 0.5) is 0 Å². The number of hydrogen-bond acceptors (Lipinski definition) is 4. The van der Waals surface area contributed by atoms with Gasteiger partial charge in [0, 0.05) is 23.2 Å². The third kappa shape index (κ3) is 1.45. The molecule has 0 saturated heterocycles. The zero-order valence-electron chi connectivity index (χ0n) is 10.6. The number of aromatic nitrogens is 2. The molecule has 4 heteroatoms. The molecule has 0 bridgehead atoms. The second-order valence-electron chi connectivity index (χ2n) is 4.93. The molecular formula is C16H11N3O. The molecule has 2 aromatic carbocycles. The monoisotopic (exact) mass is 261 g/mol. The van der Waals surface area contributed by atoms with Crippen LogP contribution in [0.2, 0.25) is 0 Å². The lowest BCUT2D eigenvalue weighted by Gasteiger charge is -2.08. The molecule has 96 valence electrons. The fourth-order valence-electron chi connectivity index (χ4n) is 2.72. The van der Waals surface area contributed by atoms with Crippen molar-refractivity contribution in [3.63, 3.8) is 0 Å². The number of nitrogens with zero attached hydrogens (tertiary/aromatic N) is 2. The van der Waals surface area contributed by atoms with Crippen LogP contribution in [-0.4, -0.2) is 15.8 Å². The molecule has 1 aromatic heterocycles. The lowest BCUT2D eigenvalue weighted by molar-refractivity contribution is -0.113. The third-order valence-corrected chi connectivity index (χ3v) is 3.77. The van der Waals surface area contributed by atoms with E-state index in [2.05, 4.69) is 16.0 Å². The van der Waals surface area contributed by atoms with Gasteiger partial charge in [0.25, 0.3) is 0 Å². The van der Waals surface area contributed by atoms with Crippen molar-refractivity contribution in [2.45, 2.75) is 6.42 Å². The highest BCUT2D eigenvalue weighted by atomic mass is 16.1. The minimum absolute atomic E-state index is 0.0130. The van der Waals surface area contributed by atoms with Gasteiger partial charge in [0.05, 0.1) is 11.2 Å². The molecule has 0 unspecified atom stereocenters. The second-order valence-corrected chi connectivity index (χ2v) is 4.93. The molecule has 0 atom stereocenters. The predicted octanol–water partition coefficient (Wildman–Crippen LogP) is 0.603. The Morgan fingerprint density at radius 2 is 2.05 bits per heavy atom. The summed E-state index contributed by atoms with van der Waals surface area (Å²) in [5, 5.41) is 4.96. The van der Waals surface area contributed by atoms with E-state index in [4.69, 9.17) is 5.73 Å². The normalized spacial score (nSPS) is 14.4. The number of carbonyl (C=O) groups is 1. The molecule has 0 spiro atoms. The number of benzene rings is 2. The fourth-order valence-corrected chi connectivity index (χ4v) is 2.72. The molecule has 0 fully saturated rings. The summed E-state index contributed by atoms with van der Waals surface area (Å²) in [5.41, 5.74) is 7.18. The summed E-state index contributed by atoms with van der Waals surface area (Å²) >= 11 is 0. The lowest BCUT2D eigenvalue weighted by Crippen LogP contribution is -2.36. The maximum absolute atomic E-state index is 11.7. The Morgan fingerprint density at radius 3 is 2.95 bits per heavy atom. The Bertz CT molecular complexity index is 1010. The highest BCUT2D eigenvalue weighted by Gasteiger charge is 2.11. The average molecular weight is 261 g/mol. The summed E-state index contributed by atoms with van der Waals surface area (Å²) in [6.07, 6.45) is 5.66. The Hall–Kier alpha value is -2.75. The maximum atomic E-state index is 11.7. The van der Waals surface area contributed by atoms with Gasteiger partial charge in [-0.3, -0.25) is 4.79 Å². The largest absolute Gasteiger partial charge is 0.395 e. The minimum atomic E-state index is -0.0130. The van der Waals surface area contributed by atoms with Crippen LogP contribution in [0.1, 0.15) is 6.42 Å². The molecular weight excluding hydrogens is 250 g/mol. The first-order valence-corrected chi connectivity index (χ1v) is 6.40. The summed E-state index contributed by atoms with van der Waals surface area (Å²) in [6.45, 7) is 0. The summed E-state index contributed by atoms with van der Waals surface area (Å²) in [7, 11) is 0. The first-order valence-electron chi connectivity index (χ1n) is 6.40. The maximum Gasteiger partial charge on any atom is 0.182 e. The summed E-state index contributed by atoms with van der Waals surface area (Å²) in [5.74, 6) is -0.0130. The average Bonchev–Trinajstić information content (AvgIpc) is 2.50. The van der Waals surface area contributed by atoms with Gasteiger partial charge < -0.3 is 5.73 Å². The number of Topliss-reactive ketones (excluding diaryl/α,β-unsaturated/α-hetero) is 1. The number of fused-ring (bicyclic) bond motifs is 4. The number of ketones is 1. The van der Waals surface area contributed by atoms with E-state index in [9.17, 15) is 4.79 Å². The molecule has 0 amide bonds. The molecule has 2 N–H and O–H groups in total. The van der Waals surface area contributed by atoms with Crippen LogP contribution in [0.25, 0.3) is 33.4 Å². The van der Waals surface area contributed by atoms with Gasteiger partial charge in [-0.25, -0.2) is 9.97 Å². The van der Waals surface area contributed by atoms with Crippen molar-refractivity contribution in [2.75, 3.05) is 0 Å². The fraction of sp³-hybridized carbons (Fsp3) is 0.0625. The molecule has 1 aliphatic rings. The Kier molecular flexibility index (Phi) is 2.15. The number of carbonyl (C=O) groups excluding carboxylic acids is 1. The van der Waals surface area contributed by atoms with Crippen molar-refractivity contribution in [3.8, 4) is 0 Å². The van der Waals surface area contributed by atoms with Crippen LogP contribution in [0.5, 0.6) is 0 Å².